The average Bonchev–Trinajstić information content (AvgIpc) is 2.84. The molecule has 0 amide bonds. The van der Waals surface area contributed by atoms with Gasteiger partial charge in [0, 0.05) is 24.9 Å². The summed E-state index contributed by atoms with van der Waals surface area (Å²) in [5.74, 6) is 0. The lowest BCUT2D eigenvalue weighted by Crippen LogP contribution is -2.26. The molecule has 1 atom stereocenters. The second-order valence-electron chi connectivity index (χ2n) is 5.17. The molecule has 21 heavy (non-hydrogen) atoms. The van der Waals surface area contributed by atoms with E-state index in [0.29, 0.717) is 5.02 Å². The summed E-state index contributed by atoms with van der Waals surface area (Å²) >= 11 is 6.32. The lowest BCUT2D eigenvalue weighted by atomic mass is 10.1. The van der Waals surface area contributed by atoms with Gasteiger partial charge in [0.1, 0.15) is 0 Å². The maximum Gasteiger partial charge on any atom is 0.0762 e. The van der Waals surface area contributed by atoms with E-state index in [1.54, 1.807) is 6.20 Å². The highest BCUT2D eigenvalue weighted by Crippen LogP contribution is 2.24. The van der Waals surface area contributed by atoms with Crippen molar-refractivity contribution in [2.45, 2.75) is 46.2 Å². The minimum absolute atomic E-state index is 0.111. The number of hydrogen-bond donors (Lipinski definition) is 1. The van der Waals surface area contributed by atoms with Crippen molar-refractivity contribution in [2.24, 2.45) is 0 Å². The largest absolute Gasteiger partial charge is 0.308 e. The molecule has 4 nitrogen and oxygen atoms in total. The van der Waals surface area contributed by atoms with Crippen LogP contribution in [0, 0.1) is 6.92 Å². The third kappa shape index (κ3) is 4.05. The standard InChI is InChI=1S/C16H23ClN4/c1-4-8-18-15(16-14(17)7-6-9-19-16)11-13-10-12(3)20-21(13)5-2/h6-7,9-10,15,18H,4-5,8,11H2,1-3H3. The van der Waals surface area contributed by atoms with Gasteiger partial charge in [-0.2, -0.15) is 5.10 Å². The summed E-state index contributed by atoms with van der Waals surface area (Å²) in [7, 11) is 0. The van der Waals surface area contributed by atoms with Crippen LogP contribution in [-0.4, -0.2) is 21.3 Å². The summed E-state index contributed by atoms with van der Waals surface area (Å²) in [5.41, 5.74) is 3.17. The fourth-order valence-electron chi connectivity index (χ4n) is 2.48. The minimum Gasteiger partial charge on any atom is -0.308 e. The Morgan fingerprint density at radius 1 is 1.38 bits per heavy atom. The molecule has 2 aromatic rings. The Morgan fingerprint density at radius 3 is 2.86 bits per heavy atom. The van der Waals surface area contributed by atoms with Crippen molar-refractivity contribution in [2.75, 3.05) is 6.54 Å². The number of rotatable bonds is 7. The van der Waals surface area contributed by atoms with Gasteiger partial charge in [0.25, 0.3) is 0 Å². The summed E-state index contributed by atoms with van der Waals surface area (Å²) in [6.07, 6.45) is 3.71. The molecular weight excluding hydrogens is 284 g/mol. The van der Waals surface area contributed by atoms with E-state index >= 15 is 0 Å². The molecule has 0 aliphatic heterocycles. The second kappa shape index (κ2) is 7.57. The second-order valence-corrected chi connectivity index (χ2v) is 5.58. The van der Waals surface area contributed by atoms with Gasteiger partial charge < -0.3 is 5.32 Å². The first-order valence-corrected chi connectivity index (χ1v) is 7.90. The van der Waals surface area contributed by atoms with Crippen molar-refractivity contribution in [3.05, 3.63) is 46.5 Å². The molecule has 0 spiro atoms. The van der Waals surface area contributed by atoms with Crippen molar-refractivity contribution < 1.29 is 0 Å². The molecule has 0 radical (unpaired) electrons. The first-order chi connectivity index (χ1) is 10.2. The van der Waals surface area contributed by atoms with E-state index in [-0.39, 0.29) is 6.04 Å². The smallest absolute Gasteiger partial charge is 0.0762 e. The molecule has 2 heterocycles. The number of aromatic nitrogens is 3. The topological polar surface area (TPSA) is 42.7 Å². The summed E-state index contributed by atoms with van der Waals surface area (Å²) in [4.78, 5) is 4.47. The Hall–Kier alpha value is -1.39. The van der Waals surface area contributed by atoms with Gasteiger partial charge in [0.2, 0.25) is 0 Å². The van der Waals surface area contributed by atoms with Gasteiger partial charge in [-0.05, 0) is 45.0 Å². The molecule has 5 heteroatoms. The molecule has 0 aliphatic carbocycles. The van der Waals surface area contributed by atoms with Gasteiger partial charge in [-0.1, -0.05) is 18.5 Å². The number of hydrogen-bond acceptors (Lipinski definition) is 3. The van der Waals surface area contributed by atoms with Crippen LogP contribution in [0.4, 0.5) is 0 Å². The van der Waals surface area contributed by atoms with Gasteiger partial charge in [-0.15, -0.1) is 0 Å². The highest BCUT2D eigenvalue weighted by atomic mass is 35.5. The van der Waals surface area contributed by atoms with Crippen molar-refractivity contribution >= 4 is 11.6 Å². The predicted molar refractivity (Wildman–Crippen MR) is 86.6 cm³/mol. The first kappa shape index (κ1) is 16.0. The van der Waals surface area contributed by atoms with E-state index in [1.165, 1.54) is 5.69 Å². The van der Waals surface area contributed by atoms with Crippen LogP contribution in [0.3, 0.4) is 0 Å². The number of nitrogens with one attached hydrogen (secondary N) is 1. The Kier molecular flexibility index (Phi) is 5.76. The third-order valence-corrected chi connectivity index (χ3v) is 3.78. The van der Waals surface area contributed by atoms with Gasteiger partial charge in [-0.3, -0.25) is 9.67 Å². The van der Waals surface area contributed by atoms with Crippen molar-refractivity contribution in [3.63, 3.8) is 0 Å². The maximum absolute atomic E-state index is 6.32. The van der Waals surface area contributed by atoms with E-state index in [4.69, 9.17) is 11.6 Å². The summed E-state index contributed by atoms with van der Waals surface area (Å²) in [6, 6.07) is 6.01. The first-order valence-electron chi connectivity index (χ1n) is 7.52. The van der Waals surface area contributed by atoms with Crippen LogP contribution in [0.1, 0.15) is 43.4 Å². The van der Waals surface area contributed by atoms with Crippen molar-refractivity contribution in [1.82, 2.24) is 20.1 Å². The quantitative estimate of drug-likeness (QED) is 0.851. The molecule has 0 aliphatic rings. The molecule has 1 unspecified atom stereocenters. The third-order valence-electron chi connectivity index (χ3n) is 3.46. The molecule has 0 fully saturated rings. The zero-order chi connectivity index (χ0) is 15.2. The van der Waals surface area contributed by atoms with Crippen LogP contribution in [0.2, 0.25) is 5.02 Å². The number of nitrogens with zero attached hydrogens (tertiary/aromatic N) is 3. The van der Waals surface area contributed by atoms with E-state index in [2.05, 4.69) is 35.3 Å². The van der Waals surface area contributed by atoms with Crippen LogP contribution >= 0.6 is 11.6 Å². The minimum atomic E-state index is 0.111. The average molecular weight is 307 g/mol. The maximum atomic E-state index is 6.32. The summed E-state index contributed by atoms with van der Waals surface area (Å²) in [6.45, 7) is 8.11. The molecule has 2 rings (SSSR count). The molecule has 2 aromatic heterocycles. The molecule has 0 bridgehead atoms. The monoisotopic (exact) mass is 306 g/mol. The lowest BCUT2D eigenvalue weighted by molar-refractivity contribution is 0.493. The van der Waals surface area contributed by atoms with E-state index in [9.17, 15) is 0 Å². The molecule has 114 valence electrons. The highest BCUT2D eigenvalue weighted by Gasteiger charge is 2.18. The number of aryl methyl sites for hydroxylation is 2. The Labute approximate surface area is 131 Å². The zero-order valence-electron chi connectivity index (χ0n) is 12.9. The van der Waals surface area contributed by atoms with Crippen LogP contribution in [0.15, 0.2) is 24.4 Å². The lowest BCUT2D eigenvalue weighted by Gasteiger charge is -2.19. The Morgan fingerprint density at radius 2 is 2.19 bits per heavy atom. The van der Waals surface area contributed by atoms with E-state index < -0.39 is 0 Å². The normalized spacial score (nSPS) is 12.6. The SMILES string of the molecule is CCCNC(Cc1cc(C)nn1CC)c1ncccc1Cl. The van der Waals surface area contributed by atoms with E-state index in [0.717, 1.165) is 37.3 Å². The molecule has 0 aromatic carbocycles. The van der Waals surface area contributed by atoms with Gasteiger partial charge in [-0.25, -0.2) is 0 Å². The van der Waals surface area contributed by atoms with Crippen LogP contribution in [-0.2, 0) is 13.0 Å². The Bertz CT molecular complexity index is 579. The van der Waals surface area contributed by atoms with Crippen LogP contribution in [0.5, 0.6) is 0 Å². The number of pyridine rings is 1. The van der Waals surface area contributed by atoms with Crippen LogP contribution in [0.25, 0.3) is 0 Å². The summed E-state index contributed by atoms with van der Waals surface area (Å²) in [5, 5.41) is 8.77. The Balaban J connectivity index is 2.26. The van der Waals surface area contributed by atoms with Crippen molar-refractivity contribution in [1.29, 1.82) is 0 Å². The molecule has 0 saturated heterocycles. The van der Waals surface area contributed by atoms with Gasteiger partial charge in [0.15, 0.2) is 0 Å². The molecule has 1 N–H and O–H groups in total. The van der Waals surface area contributed by atoms with E-state index in [1.807, 2.05) is 23.7 Å². The molecular formula is C16H23ClN4. The zero-order valence-corrected chi connectivity index (χ0v) is 13.7. The molecule has 0 saturated carbocycles. The fourth-order valence-corrected chi connectivity index (χ4v) is 2.74. The number of halogens is 1. The predicted octanol–water partition coefficient (Wildman–Crippen LogP) is 3.54. The fraction of sp³-hybridized carbons (Fsp3) is 0.500. The van der Waals surface area contributed by atoms with Gasteiger partial charge in [0.05, 0.1) is 22.5 Å². The highest BCUT2D eigenvalue weighted by molar-refractivity contribution is 6.31. The van der Waals surface area contributed by atoms with Crippen LogP contribution < -0.4 is 5.32 Å². The van der Waals surface area contributed by atoms with Crippen molar-refractivity contribution in [3.8, 4) is 0 Å². The summed E-state index contributed by atoms with van der Waals surface area (Å²) < 4.78 is 2.05. The van der Waals surface area contributed by atoms with Gasteiger partial charge >= 0.3 is 0 Å².